The Balaban J connectivity index is 1.75. The van der Waals surface area contributed by atoms with Gasteiger partial charge in [-0.05, 0) is 62.6 Å². The molecule has 0 bridgehead atoms. The Bertz CT molecular complexity index is 970. The van der Waals surface area contributed by atoms with Gasteiger partial charge in [-0.2, -0.15) is 0 Å². The third-order valence-corrected chi connectivity index (χ3v) is 6.49. The summed E-state index contributed by atoms with van der Waals surface area (Å²) in [6.07, 6.45) is 4.75. The fraction of sp³-hybridized carbons (Fsp3) is 0.409. The Kier molecular flexibility index (Phi) is 6.87. The van der Waals surface area contributed by atoms with Crippen LogP contribution in [0.15, 0.2) is 48.5 Å². The molecule has 1 aliphatic rings. The molecular formula is C22H29N3O4S. The van der Waals surface area contributed by atoms with Gasteiger partial charge in [0.1, 0.15) is 11.8 Å². The van der Waals surface area contributed by atoms with Crippen LogP contribution in [0, 0.1) is 0 Å². The summed E-state index contributed by atoms with van der Waals surface area (Å²) in [6, 6.07) is 13.4. The predicted octanol–water partition coefficient (Wildman–Crippen LogP) is 3.48. The van der Waals surface area contributed by atoms with Crippen LogP contribution in [0.5, 0.6) is 5.75 Å². The number of anilines is 3. The van der Waals surface area contributed by atoms with Crippen molar-refractivity contribution in [2.24, 2.45) is 0 Å². The van der Waals surface area contributed by atoms with Gasteiger partial charge in [-0.25, -0.2) is 8.42 Å². The molecule has 7 nitrogen and oxygen atoms in total. The number of benzene rings is 2. The molecule has 0 aliphatic carbocycles. The molecule has 2 aromatic carbocycles. The second-order valence-corrected chi connectivity index (χ2v) is 9.38. The van der Waals surface area contributed by atoms with Crippen molar-refractivity contribution in [3.05, 3.63) is 48.5 Å². The number of nitrogens with zero attached hydrogens (tertiary/aromatic N) is 2. The van der Waals surface area contributed by atoms with Crippen LogP contribution in [0.2, 0.25) is 0 Å². The molecule has 0 spiro atoms. The molecule has 3 rings (SSSR count). The second-order valence-electron chi connectivity index (χ2n) is 7.52. The van der Waals surface area contributed by atoms with Crippen LogP contribution in [-0.4, -0.2) is 46.8 Å². The summed E-state index contributed by atoms with van der Waals surface area (Å²) < 4.78 is 31.2. The summed E-state index contributed by atoms with van der Waals surface area (Å²) in [5.74, 6) is 0.107. The van der Waals surface area contributed by atoms with Crippen molar-refractivity contribution >= 4 is 33.0 Å². The highest BCUT2D eigenvalue weighted by molar-refractivity contribution is 7.92. The van der Waals surface area contributed by atoms with E-state index in [-0.39, 0.29) is 0 Å². The lowest BCUT2D eigenvalue weighted by molar-refractivity contribution is -0.116. The van der Waals surface area contributed by atoms with Gasteiger partial charge in [-0.1, -0.05) is 6.07 Å². The molecule has 30 heavy (non-hydrogen) atoms. The van der Waals surface area contributed by atoms with Crippen molar-refractivity contribution < 1.29 is 17.9 Å². The molecule has 1 amide bonds. The number of hydrogen-bond donors (Lipinski definition) is 1. The lowest BCUT2D eigenvalue weighted by atomic mass is 10.1. The number of nitrogens with one attached hydrogen (secondary N) is 1. The van der Waals surface area contributed by atoms with Crippen molar-refractivity contribution in [2.45, 2.75) is 32.2 Å². The number of sulfonamides is 1. The Labute approximate surface area is 178 Å². The Morgan fingerprint density at radius 2 is 1.77 bits per heavy atom. The van der Waals surface area contributed by atoms with Crippen LogP contribution in [0.4, 0.5) is 17.1 Å². The van der Waals surface area contributed by atoms with Crippen LogP contribution >= 0.6 is 0 Å². The minimum absolute atomic E-state index is 0.375. The number of ether oxygens (including phenoxy) is 1. The maximum atomic E-state index is 12.9. The first-order valence-corrected chi connectivity index (χ1v) is 11.9. The van der Waals surface area contributed by atoms with Crippen LogP contribution in [-0.2, 0) is 14.8 Å². The number of carbonyl (C=O) groups is 1. The zero-order valence-electron chi connectivity index (χ0n) is 17.7. The molecule has 8 heteroatoms. The molecule has 1 N–H and O–H groups in total. The van der Waals surface area contributed by atoms with E-state index in [9.17, 15) is 13.2 Å². The largest absolute Gasteiger partial charge is 0.497 e. The van der Waals surface area contributed by atoms with Crippen LogP contribution in [0.25, 0.3) is 0 Å². The van der Waals surface area contributed by atoms with Crippen molar-refractivity contribution in [3.8, 4) is 5.75 Å². The normalized spacial score (nSPS) is 15.4. The lowest BCUT2D eigenvalue weighted by Gasteiger charge is -2.29. The van der Waals surface area contributed by atoms with Gasteiger partial charge in [0.05, 0.1) is 19.1 Å². The van der Waals surface area contributed by atoms with E-state index < -0.39 is 22.0 Å². The smallest absolute Gasteiger partial charge is 0.247 e. The molecule has 1 saturated heterocycles. The third-order valence-electron chi connectivity index (χ3n) is 5.25. The minimum Gasteiger partial charge on any atom is -0.497 e. The van der Waals surface area contributed by atoms with E-state index in [1.54, 1.807) is 31.2 Å². The number of methoxy groups -OCH3 is 1. The third kappa shape index (κ3) is 5.24. The van der Waals surface area contributed by atoms with Gasteiger partial charge in [0, 0.05) is 30.5 Å². The topological polar surface area (TPSA) is 79.0 Å². The highest BCUT2D eigenvalue weighted by atomic mass is 32.2. The summed E-state index contributed by atoms with van der Waals surface area (Å²) in [6.45, 7) is 3.66. The molecule has 0 radical (unpaired) electrons. The Hall–Kier alpha value is -2.74. The van der Waals surface area contributed by atoms with Gasteiger partial charge in [0.2, 0.25) is 15.9 Å². The second kappa shape index (κ2) is 9.38. The van der Waals surface area contributed by atoms with E-state index in [2.05, 4.69) is 10.2 Å². The van der Waals surface area contributed by atoms with Crippen LogP contribution in [0.1, 0.15) is 26.2 Å². The summed E-state index contributed by atoms with van der Waals surface area (Å²) in [4.78, 5) is 15.2. The number of amides is 1. The standard InChI is InChI=1S/C22H29N3O4S/c1-17(25(30(3,27)28)20-8-7-9-21(16-20)29-2)22(26)23-18-10-12-19(13-11-18)24-14-5-4-6-15-24/h7-13,16-17H,4-6,14-15H2,1-3H3,(H,23,26)/t17-/m0/s1. The molecule has 1 heterocycles. The van der Waals surface area contributed by atoms with E-state index in [4.69, 9.17) is 4.74 Å². The van der Waals surface area contributed by atoms with Crippen molar-refractivity contribution in [1.82, 2.24) is 0 Å². The lowest BCUT2D eigenvalue weighted by Crippen LogP contribution is -2.45. The van der Waals surface area contributed by atoms with Crippen LogP contribution < -0.4 is 19.3 Å². The summed E-state index contributed by atoms with van der Waals surface area (Å²) in [7, 11) is -2.18. The molecule has 1 fully saturated rings. The molecule has 1 aliphatic heterocycles. The highest BCUT2D eigenvalue weighted by Gasteiger charge is 2.29. The van der Waals surface area contributed by atoms with E-state index in [0.29, 0.717) is 17.1 Å². The predicted molar refractivity (Wildman–Crippen MR) is 121 cm³/mol. The molecule has 0 saturated carbocycles. The van der Waals surface area contributed by atoms with Crippen molar-refractivity contribution in [1.29, 1.82) is 0 Å². The zero-order chi connectivity index (χ0) is 21.7. The quantitative estimate of drug-likeness (QED) is 0.726. The Morgan fingerprint density at radius 1 is 1.10 bits per heavy atom. The maximum Gasteiger partial charge on any atom is 0.247 e. The van der Waals surface area contributed by atoms with Gasteiger partial charge in [0.15, 0.2) is 0 Å². The summed E-state index contributed by atoms with van der Waals surface area (Å²) in [5, 5.41) is 2.83. The molecule has 0 aromatic heterocycles. The highest BCUT2D eigenvalue weighted by Crippen LogP contribution is 2.26. The monoisotopic (exact) mass is 431 g/mol. The fourth-order valence-corrected chi connectivity index (χ4v) is 4.88. The first-order valence-electron chi connectivity index (χ1n) is 10.1. The van der Waals surface area contributed by atoms with Crippen LogP contribution in [0.3, 0.4) is 0 Å². The molecule has 2 aromatic rings. The van der Waals surface area contributed by atoms with E-state index in [1.165, 1.54) is 26.4 Å². The summed E-state index contributed by atoms with van der Waals surface area (Å²) >= 11 is 0. The molecular weight excluding hydrogens is 402 g/mol. The van der Waals surface area contributed by atoms with Crippen molar-refractivity contribution in [2.75, 3.05) is 41.0 Å². The fourth-order valence-electron chi connectivity index (χ4n) is 3.71. The SMILES string of the molecule is COc1cccc(N([C@@H](C)C(=O)Nc2ccc(N3CCCCC3)cc2)S(C)(=O)=O)c1. The molecule has 162 valence electrons. The number of hydrogen-bond acceptors (Lipinski definition) is 5. The Morgan fingerprint density at radius 3 is 2.37 bits per heavy atom. The average molecular weight is 432 g/mol. The van der Waals surface area contributed by atoms with Gasteiger partial charge >= 0.3 is 0 Å². The summed E-state index contributed by atoms with van der Waals surface area (Å²) in [5.41, 5.74) is 2.14. The first kappa shape index (κ1) is 22.0. The average Bonchev–Trinajstić information content (AvgIpc) is 2.74. The number of carbonyl (C=O) groups excluding carboxylic acids is 1. The van der Waals surface area contributed by atoms with E-state index in [1.807, 2.05) is 24.3 Å². The first-order chi connectivity index (χ1) is 14.3. The molecule has 1 atom stereocenters. The maximum absolute atomic E-state index is 12.9. The van der Waals surface area contributed by atoms with Gasteiger partial charge < -0.3 is 15.0 Å². The van der Waals surface area contributed by atoms with Crippen molar-refractivity contribution in [3.63, 3.8) is 0 Å². The van der Waals surface area contributed by atoms with E-state index >= 15 is 0 Å². The zero-order valence-corrected chi connectivity index (χ0v) is 18.5. The molecule has 0 unspecified atom stereocenters. The minimum atomic E-state index is -3.69. The number of rotatable bonds is 7. The van der Waals surface area contributed by atoms with Gasteiger partial charge in [0.25, 0.3) is 0 Å². The number of piperidine rings is 1. The van der Waals surface area contributed by atoms with Gasteiger partial charge in [-0.15, -0.1) is 0 Å². The van der Waals surface area contributed by atoms with Gasteiger partial charge in [-0.3, -0.25) is 9.10 Å². The van der Waals surface area contributed by atoms with E-state index in [0.717, 1.165) is 29.3 Å².